The summed E-state index contributed by atoms with van der Waals surface area (Å²) in [7, 11) is 1.57. The van der Waals surface area contributed by atoms with Gasteiger partial charge in [0.1, 0.15) is 11.7 Å². The Balaban J connectivity index is 1.93. The van der Waals surface area contributed by atoms with E-state index < -0.39 is 17.8 Å². The Bertz CT molecular complexity index is 941. The molecule has 0 bridgehead atoms. The van der Waals surface area contributed by atoms with Gasteiger partial charge in [0.25, 0.3) is 5.91 Å². The monoisotopic (exact) mass is 372 g/mol. The van der Waals surface area contributed by atoms with E-state index in [1.165, 1.54) is 5.01 Å². The lowest BCUT2D eigenvalue weighted by Gasteiger charge is -2.24. The van der Waals surface area contributed by atoms with Crippen LogP contribution in [0, 0.1) is 34.5 Å². The number of carbonyl (C=O) groups is 1. The summed E-state index contributed by atoms with van der Waals surface area (Å²) in [5, 5.41) is 24.9. The highest BCUT2D eigenvalue weighted by atomic mass is 16.5. The fourth-order valence-electron chi connectivity index (χ4n) is 3.52. The highest BCUT2D eigenvalue weighted by Gasteiger charge is 2.43. The highest BCUT2D eigenvalue weighted by Crippen LogP contribution is 2.38. The van der Waals surface area contributed by atoms with Gasteiger partial charge in [-0.1, -0.05) is 42.5 Å². The molecule has 0 saturated carbocycles. The van der Waals surface area contributed by atoms with E-state index in [1.807, 2.05) is 42.5 Å². The number of hydrogen-bond donors (Lipinski definition) is 0. The number of methoxy groups -OCH3 is 1. The summed E-state index contributed by atoms with van der Waals surface area (Å²) < 4.78 is 5.18. The number of nitrogens with zero attached hydrogens (tertiary/aromatic N) is 4. The van der Waals surface area contributed by atoms with Crippen LogP contribution in [0.4, 0.5) is 0 Å². The zero-order valence-electron chi connectivity index (χ0n) is 15.7. The first kappa shape index (κ1) is 19.1. The molecule has 6 nitrogen and oxygen atoms in total. The Labute approximate surface area is 164 Å². The Morgan fingerprint density at radius 2 is 1.75 bits per heavy atom. The quantitative estimate of drug-likeness (QED) is 0.776. The minimum absolute atomic E-state index is 0.197. The molecule has 3 rings (SSSR count). The molecule has 0 N–H and O–H groups in total. The molecule has 0 saturated heterocycles. The van der Waals surface area contributed by atoms with Gasteiger partial charge in [-0.3, -0.25) is 4.79 Å². The predicted octanol–water partition coefficient (Wildman–Crippen LogP) is 3.48. The molecule has 6 heteroatoms. The van der Waals surface area contributed by atoms with Crippen LogP contribution in [0.15, 0.2) is 59.7 Å². The number of rotatable bonds is 6. The largest absolute Gasteiger partial charge is 0.497 e. The summed E-state index contributed by atoms with van der Waals surface area (Å²) in [4.78, 5) is 13.2. The summed E-state index contributed by atoms with van der Waals surface area (Å²) >= 11 is 0. The molecule has 1 aliphatic rings. The van der Waals surface area contributed by atoms with E-state index in [1.54, 1.807) is 38.3 Å². The number of carbonyl (C=O) groups excluding carboxylic acids is 1. The Hall–Kier alpha value is -3.64. The van der Waals surface area contributed by atoms with E-state index >= 15 is 0 Å². The van der Waals surface area contributed by atoms with Gasteiger partial charge in [-0.2, -0.15) is 15.6 Å². The first-order valence-corrected chi connectivity index (χ1v) is 8.92. The Morgan fingerprint density at radius 3 is 2.32 bits per heavy atom. The third kappa shape index (κ3) is 3.72. The number of benzene rings is 2. The van der Waals surface area contributed by atoms with Crippen LogP contribution < -0.4 is 4.74 Å². The second-order valence-electron chi connectivity index (χ2n) is 6.64. The Kier molecular flexibility index (Phi) is 5.72. The van der Waals surface area contributed by atoms with Gasteiger partial charge >= 0.3 is 0 Å². The van der Waals surface area contributed by atoms with Crippen molar-refractivity contribution in [2.75, 3.05) is 7.11 Å². The maximum absolute atomic E-state index is 13.2. The molecule has 0 unspecified atom stereocenters. The van der Waals surface area contributed by atoms with Gasteiger partial charge in [0, 0.05) is 11.6 Å². The minimum Gasteiger partial charge on any atom is -0.497 e. The first-order chi connectivity index (χ1) is 13.6. The number of hydrazone groups is 1. The molecule has 1 aliphatic heterocycles. The lowest BCUT2D eigenvalue weighted by molar-refractivity contribution is -0.133. The molecule has 2 aromatic carbocycles. The summed E-state index contributed by atoms with van der Waals surface area (Å²) in [6, 6.07) is 20.8. The van der Waals surface area contributed by atoms with Crippen molar-refractivity contribution in [3.05, 3.63) is 65.7 Å². The normalized spacial score (nSPS) is 17.0. The number of amides is 1. The van der Waals surface area contributed by atoms with E-state index in [-0.39, 0.29) is 5.91 Å². The van der Waals surface area contributed by atoms with Crippen molar-refractivity contribution < 1.29 is 9.53 Å². The van der Waals surface area contributed by atoms with E-state index in [2.05, 4.69) is 5.10 Å². The van der Waals surface area contributed by atoms with E-state index in [0.717, 1.165) is 11.1 Å². The smallest absolute Gasteiger partial charge is 0.252 e. The average molecular weight is 372 g/mol. The third-order valence-corrected chi connectivity index (χ3v) is 4.92. The summed E-state index contributed by atoms with van der Waals surface area (Å²) in [6.45, 7) is 2.13. The maximum Gasteiger partial charge on any atom is 0.252 e. The van der Waals surface area contributed by atoms with Crippen LogP contribution >= 0.6 is 0 Å². The van der Waals surface area contributed by atoms with Crippen molar-refractivity contribution >= 4 is 11.6 Å². The van der Waals surface area contributed by atoms with E-state index in [0.29, 0.717) is 18.0 Å². The standard InChI is InChI=1S/C22H20N4O2/c1-15-20(22(27)26(25-15)14-16-6-4-3-5-7-16)21(18(12-23)13-24)17-8-10-19(28-2)11-9-17/h3-11,18,20-21H,14H2,1-2H3/t20-,21-/m1/s1. The Morgan fingerprint density at radius 1 is 1.11 bits per heavy atom. The van der Waals surface area contributed by atoms with Crippen LogP contribution in [0.25, 0.3) is 0 Å². The summed E-state index contributed by atoms with van der Waals surface area (Å²) in [5.74, 6) is -1.75. The third-order valence-electron chi connectivity index (χ3n) is 4.92. The molecular weight excluding hydrogens is 352 g/mol. The van der Waals surface area contributed by atoms with Crippen LogP contribution in [0.5, 0.6) is 5.75 Å². The molecule has 0 radical (unpaired) electrons. The van der Waals surface area contributed by atoms with Crippen LogP contribution in [-0.2, 0) is 11.3 Å². The van der Waals surface area contributed by atoms with Gasteiger partial charge in [0.05, 0.1) is 31.7 Å². The number of hydrogen-bond acceptors (Lipinski definition) is 5. The van der Waals surface area contributed by atoms with Gasteiger partial charge in [0.15, 0.2) is 0 Å². The van der Waals surface area contributed by atoms with Crippen molar-refractivity contribution in [3.63, 3.8) is 0 Å². The minimum atomic E-state index is -0.968. The molecule has 0 aromatic heterocycles. The zero-order valence-corrected chi connectivity index (χ0v) is 15.7. The van der Waals surface area contributed by atoms with Crippen LogP contribution in [0.3, 0.4) is 0 Å². The van der Waals surface area contributed by atoms with Crippen LogP contribution in [0.1, 0.15) is 24.0 Å². The molecule has 0 spiro atoms. The average Bonchev–Trinajstić information content (AvgIpc) is 3.00. The molecular formula is C22H20N4O2. The topological polar surface area (TPSA) is 89.5 Å². The van der Waals surface area contributed by atoms with Crippen molar-refractivity contribution in [1.82, 2.24) is 5.01 Å². The number of nitriles is 2. The number of ether oxygens (including phenoxy) is 1. The molecule has 28 heavy (non-hydrogen) atoms. The van der Waals surface area contributed by atoms with Crippen LogP contribution in [-0.4, -0.2) is 23.7 Å². The second-order valence-corrected chi connectivity index (χ2v) is 6.64. The zero-order chi connectivity index (χ0) is 20.1. The SMILES string of the molecule is COc1ccc([C@H](C(C#N)C#N)[C@@H]2C(=O)N(Cc3ccccc3)N=C2C)cc1. The van der Waals surface area contributed by atoms with Crippen molar-refractivity contribution in [2.45, 2.75) is 19.4 Å². The van der Waals surface area contributed by atoms with Gasteiger partial charge in [-0.25, -0.2) is 5.01 Å². The van der Waals surface area contributed by atoms with Crippen LogP contribution in [0.2, 0.25) is 0 Å². The summed E-state index contributed by atoms with van der Waals surface area (Å²) in [6.07, 6.45) is 0. The highest BCUT2D eigenvalue weighted by molar-refractivity contribution is 6.07. The van der Waals surface area contributed by atoms with Gasteiger partial charge in [0.2, 0.25) is 0 Å². The second kappa shape index (κ2) is 8.37. The van der Waals surface area contributed by atoms with Gasteiger partial charge < -0.3 is 4.74 Å². The summed E-state index contributed by atoms with van der Waals surface area (Å²) in [5.41, 5.74) is 2.31. The molecule has 0 fully saturated rings. The fraction of sp³-hybridized carbons (Fsp3) is 0.273. The lowest BCUT2D eigenvalue weighted by Crippen LogP contribution is -2.34. The molecule has 0 aliphatic carbocycles. The maximum atomic E-state index is 13.2. The first-order valence-electron chi connectivity index (χ1n) is 8.92. The molecule has 1 heterocycles. The van der Waals surface area contributed by atoms with Crippen molar-refractivity contribution in [1.29, 1.82) is 10.5 Å². The lowest BCUT2D eigenvalue weighted by atomic mass is 9.76. The van der Waals surface area contributed by atoms with Crippen molar-refractivity contribution in [2.24, 2.45) is 16.9 Å². The van der Waals surface area contributed by atoms with E-state index in [4.69, 9.17) is 4.74 Å². The molecule has 140 valence electrons. The fourth-order valence-corrected chi connectivity index (χ4v) is 3.52. The molecule has 1 amide bonds. The van der Waals surface area contributed by atoms with Gasteiger partial charge in [-0.05, 0) is 30.2 Å². The molecule has 2 aromatic rings. The predicted molar refractivity (Wildman–Crippen MR) is 104 cm³/mol. The van der Waals surface area contributed by atoms with Crippen molar-refractivity contribution in [3.8, 4) is 17.9 Å². The van der Waals surface area contributed by atoms with E-state index in [9.17, 15) is 15.3 Å². The van der Waals surface area contributed by atoms with Gasteiger partial charge in [-0.15, -0.1) is 0 Å². The molecule has 2 atom stereocenters.